The van der Waals surface area contributed by atoms with Crippen LogP contribution in [0.15, 0.2) is 42.5 Å². The zero-order chi connectivity index (χ0) is 14.1. The highest BCUT2D eigenvalue weighted by atomic mass is 15.3. The van der Waals surface area contributed by atoms with Crippen molar-refractivity contribution in [2.24, 2.45) is 5.73 Å². The molecule has 3 aromatic rings. The summed E-state index contributed by atoms with van der Waals surface area (Å²) >= 11 is 0. The summed E-state index contributed by atoms with van der Waals surface area (Å²) in [5.74, 6) is 1.69. The van der Waals surface area contributed by atoms with E-state index in [2.05, 4.69) is 40.4 Å². The molecule has 0 saturated heterocycles. The molecule has 4 heteroatoms. The standard InChI is InChI=1S/C16H18N4/c1-11-18-12(2)20(19-11)10-16(17)15-8-7-13-5-3-4-6-14(13)9-15/h3-9,16H,10,17H2,1-2H3. The van der Waals surface area contributed by atoms with E-state index in [1.807, 2.05) is 30.7 Å². The van der Waals surface area contributed by atoms with E-state index in [0.717, 1.165) is 17.2 Å². The van der Waals surface area contributed by atoms with Crippen molar-refractivity contribution in [3.05, 3.63) is 59.7 Å². The van der Waals surface area contributed by atoms with Crippen molar-refractivity contribution in [3.63, 3.8) is 0 Å². The third-order valence-electron chi connectivity index (χ3n) is 3.53. The van der Waals surface area contributed by atoms with Crippen molar-refractivity contribution >= 4 is 10.8 Å². The van der Waals surface area contributed by atoms with Crippen LogP contribution in [-0.2, 0) is 6.54 Å². The van der Waals surface area contributed by atoms with E-state index in [1.54, 1.807) is 0 Å². The lowest BCUT2D eigenvalue weighted by molar-refractivity contribution is 0.513. The molecule has 2 aromatic carbocycles. The second kappa shape index (κ2) is 5.06. The molecule has 0 radical (unpaired) electrons. The molecule has 0 spiro atoms. The molecule has 0 saturated carbocycles. The normalized spacial score (nSPS) is 12.8. The van der Waals surface area contributed by atoms with E-state index in [-0.39, 0.29) is 6.04 Å². The number of rotatable bonds is 3. The molecule has 0 bridgehead atoms. The minimum Gasteiger partial charge on any atom is -0.322 e. The van der Waals surface area contributed by atoms with Crippen LogP contribution in [0.4, 0.5) is 0 Å². The number of hydrogen-bond acceptors (Lipinski definition) is 3. The molecule has 1 heterocycles. The predicted molar refractivity (Wildman–Crippen MR) is 80.4 cm³/mol. The zero-order valence-corrected chi connectivity index (χ0v) is 11.7. The fraction of sp³-hybridized carbons (Fsp3) is 0.250. The third-order valence-corrected chi connectivity index (χ3v) is 3.53. The summed E-state index contributed by atoms with van der Waals surface area (Å²) in [4.78, 5) is 4.30. The monoisotopic (exact) mass is 266 g/mol. The fourth-order valence-electron chi connectivity index (χ4n) is 2.46. The van der Waals surface area contributed by atoms with Gasteiger partial charge in [0, 0.05) is 6.04 Å². The molecule has 0 amide bonds. The summed E-state index contributed by atoms with van der Waals surface area (Å²) < 4.78 is 1.87. The van der Waals surface area contributed by atoms with Gasteiger partial charge in [-0.1, -0.05) is 36.4 Å². The molecule has 102 valence electrons. The Bertz CT molecular complexity index is 745. The Hall–Kier alpha value is -2.20. The molecule has 0 aliphatic heterocycles. The number of hydrogen-bond donors (Lipinski definition) is 1. The topological polar surface area (TPSA) is 56.7 Å². The van der Waals surface area contributed by atoms with Gasteiger partial charge in [-0.3, -0.25) is 0 Å². The van der Waals surface area contributed by atoms with Crippen molar-refractivity contribution in [1.82, 2.24) is 14.8 Å². The van der Waals surface area contributed by atoms with Crippen LogP contribution < -0.4 is 5.73 Å². The van der Waals surface area contributed by atoms with Crippen molar-refractivity contribution in [1.29, 1.82) is 0 Å². The van der Waals surface area contributed by atoms with E-state index in [1.165, 1.54) is 10.8 Å². The maximum Gasteiger partial charge on any atom is 0.147 e. The van der Waals surface area contributed by atoms with Crippen LogP contribution in [0.1, 0.15) is 23.3 Å². The maximum absolute atomic E-state index is 6.31. The van der Waals surface area contributed by atoms with Crippen LogP contribution in [0, 0.1) is 13.8 Å². The first-order valence-corrected chi connectivity index (χ1v) is 6.76. The van der Waals surface area contributed by atoms with Gasteiger partial charge in [-0.2, -0.15) is 5.10 Å². The Morgan fingerprint density at radius 3 is 2.55 bits per heavy atom. The molecule has 3 rings (SSSR count). The molecular weight excluding hydrogens is 248 g/mol. The van der Waals surface area contributed by atoms with Crippen molar-refractivity contribution < 1.29 is 0 Å². The van der Waals surface area contributed by atoms with Gasteiger partial charge in [0.2, 0.25) is 0 Å². The molecule has 1 unspecified atom stereocenters. The van der Waals surface area contributed by atoms with E-state index < -0.39 is 0 Å². The molecular formula is C16H18N4. The number of nitrogens with two attached hydrogens (primary N) is 1. The highest BCUT2D eigenvalue weighted by Gasteiger charge is 2.10. The van der Waals surface area contributed by atoms with E-state index in [4.69, 9.17) is 5.73 Å². The summed E-state index contributed by atoms with van der Waals surface area (Å²) in [5.41, 5.74) is 7.43. The van der Waals surface area contributed by atoms with E-state index in [9.17, 15) is 0 Å². The van der Waals surface area contributed by atoms with Crippen LogP contribution >= 0.6 is 0 Å². The molecule has 20 heavy (non-hydrogen) atoms. The van der Waals surface area contributed by atoms with Gasteiger partial charge in [0.05, 0.1) is 6.54 Å². The summed E-state index contributed by atoms with van der Waals surface area (Å²) in [6.07, 6.45) is 0. The van der Waals surface area contributed by atoms with Gasteiger partial charge < -0.3 is 5.73 Å². The number of nitrogens with zero attached hydrogens (tertiary/aromatic N) is 3. The minimum absolute atomic E-state index is 0.0839. The van der Waals surface area contributed by atoms with Crippen LogP contribution in [0.5, 0.6) is 0 Å². The van der Waals surface area contributed by atoms with Crippen LogP contribution in [0.2, 0.25) is 0 Å². The lowest BCUT2D eigenvalue weighted by Crippen LogP contribution is -2.19. The quantitative estimate of drug-likeness (QED) is 0.793. The highest BCUT2D eigenvalue weighted by Crippen LogP contribution is 2.20. The molecule has 0 aliphatic carbocycles. The molecule has 2 N–H and O–H groups in total. The summed E-state index contributed by atoms with van der Waals surface area (Å²) in [6, 6.07) is 14.6. The summed E-state index contributed by atoms with van der Waals surface area (Å²) in [6.45, 7) is 4.49. The van der Waals surface area contributed by atoms with Gasteiger partial charge in [-0.05, 0) is 36.2 Å². The number of aryl methyl sites for hydroxylation is 2. The van der Waals surface area contributed by atoms with Gasteiger partial charge in [0.25, 0.3) is 0 Å². The van der Waals surface area contributed by atoms with Crippen molar-refractivity contribution in [2.75, 3.05) is 0 Å². The second-order valence-electron chi connectivity index (χ2n) is 5.10. The molecule has 0 aliphatic rings. The second-order valence-corrected chi connectivity index (χ2v) is 5.10. The molecule has 1 aromatic heterocycles. The van der Waals surface area contributed by atoms with Gasteiger partial charge in [0.15, 0.2) is 0 Å². The average molecular weight is 266 g/mol. The summed E-state index contributed by atoms with van der Waals surface area (Å²) in [5, 5.41) is 6.81. The van der Waals surface area contributed by atoms with E-state index >= 15 is 0 Å². The van der Waals surface area contributed by atoms with Crippen LogP contribution in [0.3, 0.4) is 0 Å². The van der Waals surface area contributed by atoms with Gasteiger partial charge in [-0.15, -0.1) is 0 Å². The number of aromatic nitrogens is 3. The Kier molecular flexibility index (Phi) is 3.24. The van der Waals surface area contributed by atoms with Crippen molar-refractivity contribution in [2.45, 2.75) is 26.4 Å². The van der Waals surface area contributed by atoms with Crippen molar-refractivity contribution in [3.8, 4) is 0 Å². The summed E-state index contributed by atoms with van der Waals surface area (Å²) in [7, 11) is 0. The third kappa shape index (κ3) is 2.42. The van der Waals surface area contributed by atoms with Gasteiger partial charge in [-0.25, -0.2) is 9.67 Å². The Morgan fingerprint density at radius 1 is 1.10 bits per heavy atom. The molecule has 0 fully saturated rings. The first-order chi connectivity index (χ1) is 9.63. The zero-order valence-electron chi connectivity index (χ0n) is 11.7. The highest BCUT2D eigenvalue weighted by molar-refractivity contribution is 5.83. The maximum atomic E-state index is 6.31. The largest absolute Gasteiger partial charge is 0.322 e. The smallest absolute Gasteiger partial charge is 0.147 e. The first-order valence-electron chi connectivity index (χ1n) is 6.76. The lowest BCUT2D eigenvalue weighted by Gasteiger charge is -2.13. The fourth-order valence-corrected chi connectivity index (χ4v) is 2.46. The lowest BCUT2D eigenvalue weighted by atomic mass is 10.0. The first kappa shape index (κ1) is 12.8. The Morgan fingerprint density at radius 2 is 1.85 bits per heavy atom. The van der Waals surface area contributed by atoms with Crippen LogP contribution in [-0.4, -0.2) is 14.8 Å². The average Bonchev–Trinajstić information content (AvgIpc) is 2.76. The number of benzene rings is 2. The van der Waals surface area contributed by atoms with Crippen LogP contribution in [0.25, 0.3) is 10.8 Å². The number of fused-ring (bicyclic) bond motifs is 1. The molecule has 4 nitrogen and oxygen atoms in total. The predicted octanol–water partition coefficient (Wildman–Crippen LogP) is 2.75. The Balaban J connectivity index is 1.88. The van der Waals surface area contributed by atoms with E-state index in [0.29, 0.717) is 6.54 Å². The Labute approximate surface area is 118 Å². The molecule has 1 atom stereocenters. The van der Waals surface area contributed by atoms with Gasteiger partial charge in [0.1, 0.15) is 11.6 Å². The minimum atomic E-state index is -0.0839. The van der Waals surface area contributed by atoms with Gasteiger partial charge >= 0.3 is 0 Å². The SMILES string of the molecule is Cc1nc(C)n(CC(N)c2ccc3ccccc3c2)n1.